The van der Waals surface area contributed by atoms with Crippen LogP contribution in [0.1, 0.15) is 73.1 Å². The zero-order valence-corrected chi connectivity index (χ0v) is 24.3. The SMILES string of the molecule is CC(C)[C@@H]1C[C@@H](C(=O)NC(CC2CC2)C(=O)C(N)=O)N(C(=O)C(NC(=O)NCC(=O)OCC2CC2)C(C)(C)C)C1. The number of hydrogen-bond donors (Lipinski definition) is 4. The van der Waals surface area contributed by atoms with E-state index in [9.17, 15) is 28.8 Å². The van der Waals surface area contributed by atoms with Crippen molar-refractivity contribution in [1.29, 1.82) is 0 Å². The first-order valence-electron chi connectivity index (χ1n) is 14.3. The highest BCUT2D eigenvalue weighted by molar-refractivity contribution is 6.37. The third-order valence-electron chi connectivity index (χ3n) is 7.96. The largest absolute Gasteiger partial charge is 0.464 e. The number of carbonyl (C=O) groups is 6. The van der Waals surface area contributed by atoms with Crippen LogP contribution in [-0.2, 0) is 28.7 Å². The van der Waals surface area contributed by atoms with E-state index >= 15 is 0 Å². The Balaban J connectivity index is 1.70. The van der Waals surface area contributed by atoms with Crippen LogP contribution in [0.25, 0.3) is 0 Å². The number of nitrogens with zero attached hydrogens (tertiary/aromatic N) is 1. The first-order valence-corrected chi connectivity index (χ1v) is 14.3. The van der Waals surface area contributed by atoms with Gasteiger partial charge in [-0.3, -0.25) is 24.0 Å². The Kier molecular flexibility index (Phi) is 10.2. The zero-order chi connectivity index (χ0) is 29.8. The average molecular weight is 564 g/mol. The van der Waals surface area contributed by atoms with Gasteiger partial charge in [0.15, 0.2) is 0 Å². The highest BCUT2D eigenvalue weighted by Gasteiger charge is 2.46. The predicted octanol–water partition coefficient (Wildman–Crippen LogP) is 0.866. The molecule has 12 nitrogen and oxygen atoms in total. The van der Waals surface area contributed by atoms with Crippen molar-refractivity contribution in [2.45, 2.75) is 91.3 Å². The van der Waals surface area contributed by atoms with E-state index in [0.29, 0.717) is 31.9 Å². The standard InChI is InChI=1S/C28H45N5O7/c1-15(2)18-11-20(25(37)31-19(10-16-6-7-16)22(35)24(29)36)33(13-18)26(38)23(28(3,4)5)32-27(39)30-12-21(34)40-14-17-8-9-17/h15-20,23H,6-14H2,1-5H3,(H2,29,36)(H,31,37)(H2,30,32,39)/t18-,19?,20+,23?/m1/s1. The number of likely N-dealkylation sites (tertiary alicyclic amines) is 1. The Hall–Kier alpha value is -3.18. The summed E-state index contributed by atoms with van der Waals surface area (Å²) in [7, 11) is 0. The summed E-state index contributed by atoms with van der Waals surface area (Å²) < 4.78 is 5.13. The van der Waals surface area contributed by atoms with Gasteiger partial charge in [-0.05, 0) is 54.8 Å². The number of ketones is 1. The lowest BCUT2D eigenvalue weighted by molar-refractivity contribution is -0.143. The molecule has 5 N–H and O–H groups in total. The number of amides is 5. The van der Waals surface area contributed by atoms with Crippen molar-refractivity contribution in [2.75, 3.05) is 19.7 Å². The van der Waals surface area contributed by atoms with Gasteiger partial charge in [-0.25, -0.2) is 4.79 Å². The van der Waals surface area contributed by atoms with Crippen molar-refractivity contribution in [1.82, 2.24) is 20.9 Å². The van der Waals surface area contributed by atoms with Gasteiger partial charge in [0.05, 0.1) is 12.6 Å². The molecule has 1 saturated heterocycles. The topological polar surface area (TPSA) is 177 Å². The van der Waals surface area contributed by atoms with Gasteiger partial charge in [0.25, 0.3) is 5.91 Å². The molecule has 3 fully saturated rings. The van der Waals surface area contributed by atoms with E-state index in [1.807, 2.05) is 13.8 Å². The highest BCUT2D eigenvalue weighted by atomic mass is 16.5. The van der Waals surface area contributed by atoms with E-state index in [-0.39, 0.29) is 24.3 Å². The molecule has 40 heavy (non-hydrogen) atoms. The van der Waals surface area contributed by atoms with Gasteiger partial charge >= 0.3 is 12.0 Å². The summed E-state index contributed by atoms with van der Waals surface area (Å²) in [6.45, 7) is 9.71. The number of rotatable bonds is 13. The van der Waals surface area contributed by atoms with Crippen LogP contribution in [0, 0.1) is 29.1 Å². The third-order valence-corrected chi connectivity index (χ3v) is 7.96. The molecule has 0 radical (unpaired) electrons. The number of Topliss-reactive ketones (excluding diaryl/α,β-unsaturated/α-hetero) is 1. The smallest absolute Gasteiger partial charge is 0.325 e. The van der Waals surface area contributed by atoms with Crippen molar-refractivity contribution in [3.63, 3.8) is 0 Å². The lowest BCUT2D eigenvalue weighted by Gasteiger charge is -2.35. The summed E-state index contributed by atoms with van der Waals surface area (Å²) in [5, 5.41) is 7.83. The first-order chi connectivity index (χ1) is 18.7. The van der Waals surface area contributed by atoms with Gasteiger partial charge in [0.2, 0.25) is 17.6 Å². The minimum Gasteiger partial charge on any atom is -0.464 e. The molecule has 1 aliphatic heterocycles. The maximum absolute atomic E-state index is 13.9. The number of ether oxygens (including phenoxy) is 1. The summed E-state index contributed by atoms with van der Waals surface area (Å²) in [6, 6.07) is -3.62. The normalized spacial score (nSPS) is 22.3. The first kappa shape index (κ1) is 31.3. The van der Waals surface area contributed by atoms with Crippen LogP contribution in [-0.4, -0.2) is 78.2 Å². The molecule has 4 atom stereocenters. The van der Waals surface area contributed by atoms with Crippen LogP contribution in [0.15, 0.2) is 0 Å². The fourth-order valence-corrected chi connectivity index (χ4v) is 4.90. The molecule has 2 aliphatic carbocycles. The number of esters is 1. The minimum absolute atomic E-state index is 0.0177. The fraction of sp³-hybridized carbons (Fsp3) is 0.786. The molecule has 2 unspecified atom stereocenters. The highest BCUT2D eigenvalue weighted by Crippen LogP contribution is 2.35. The van der Waals surface area contributed by atoms with Crippen molar-refractivity contribution in [3.8, 4) is 0 Å². The van der Waals surface area contributed by atoms with Crippen molar-refractivity contribution >= 4 is 35.5 Å². The maximum atomic E-state index is 13.9. The van der Waals surface area contributed by atoms with Crippen molar-refractivity contribution in [2.24, 2.45) is 34.8 Å². The quantitative estimate of drug-likeness (QED) is 0.190. The van der Waals surface area contributed by atoms with Gasteiger partial charge in [-0.1, -0.05) is 47.5 Å². The molecule has 3 rings (SSSR count). The predicted molar refractivity (Wildman–Crippen MR) is 145 cm³/mol. The number of urea groups is 1. The fourth-order valence-electron chi connectivity index (χ4n) is 4.90. The molecule has 5 amide bonds. The number of hydrogen-bond acceptors (Lipinski definition) is 7. The van der Waals surface area contributed by atoms with Crippen LogP contribution in [0.3, 0.4) is 0 Å². The Bertz CT molecular complexity index is 999. The van der Waals surface area contributed by atoms with E-state index in [1.165, 1.54) is 4.90 Å². The molecule has 0 bridgehead atoms. The minimum atomic E-state index is -1.11. The summed E-state index contributed by atoms with van der Waals surface area (Å²) >= 11 is 0. The molecule has 0 aromatic heterocycles. The number of nitrogens with one attached hydrogen (secondary N) is 3. The van der Waals surface area contributed by atoms with Gasteiger partial charge in [-0.15, -0.1) is 0 Å². The number of nitrogens with two attached hydrogens (primary N) is 1. The summed E-state index contributed by atoms with van der Waals surface area (Å²) in [6.07, 6.45) is 4.62. The molecular formula is C28H45N5O7. The number of carbonyl (C=O) groups excluding carboxylic acids is 6. The van der Waals surface area contributed by atoms with E-state index in [1.54, 1.807) is 20.8 Å². The van der Waals surface area contributed by atoms with Crippen molar-refractivity contribution in [3.05, 3.63) is 0 Å². The lowest BCUT2D eigenvalue weighted by atomic mass is 9.85. The molecule has 3 aliphatic rings. The van der Waals surface area contributed by atoms with Gasteiger partial charge in [-0.2, -0.15) is 0 Å². The third kappa shape index (κ3) is 8.92. The average Bonchev–Trinajstić information content (AvgIpc) is 3.81. The Morgan fingerprint density at radius 3 is 2.12 bits per heavy atom. The second-order valence-corrected chi connectivity index (χ2v) is 13.0. The van der Waals surface area contributed by atoms with E-state index in [2.05, 4.69) is 16.0 Å². The molecule has 0 aromatic carbocycles. The maximum Gasteiger partial charge on any atom is 0.325 e. The Morgan fingerprint density at radius 1 is 0.975 bits per heavy atom. The van der Waals surface area contributed by atoms with Gasteiger partial charge in [0.1, 0.15) is 18.6 Å². The molecule has 0 spiro atoms. The van der Waals surface area contributed by atoms with E-state index in [0.717, 1.165) is 25.7 Å². The zero-order valence-electron chi connectivity index (χ0n) is 24.3. The van der Waals surface area contributed by atoms with Gasteiger partial charge in [0, 0.05) is 6.54 Å². The van der Waals surface area contributed by atoms with Crippen LogP contribution >= 0.6 is 0 Å². The van der Waals surface area contributed by atoms with Crippen molar-refractivity contribution < 1.29 is 33.5 Å². The van der Waals surface area contributed by atoms with Crippen LogP contribution in [0.5, 0.6) is 0 Å². The Morgan fingerprint density at radius 2 is 1.60 bits per heavy atom. The molecule has 224 valence electrons. The van der Waals surface area contributed by atoms with Crippen LogP contribution < -0.4 is 21.7 Å². The molecule has 1 heterocycles. The lowest BCUT2D eigenvalue weighted by Crippen LogP contribution is -2.60. The van der Waals surface area contributed by atoms with E-state index < -0.39 is 59.0 Å². The summed E-state index contributed by atoms with van der Waals surface area (Å²) in [5.74, 6) is -2.63. The molecule has 2 saturated carbocycles. The van der Waals surface area contributed by atoms with Crippen LogP contribution in [0.2, 0.25) is 0 Å². The Labute approximate surface area is 235 Å². The van der Waals surface area contributed by atoms with Gasteiger partial charge < -0.3 is 31.3 Å². The van der Waals surface area contributed by atoms with Crippen LogP contribution in [0.4, 0.5) is 4.79 Å². The van der Waals surface area contributed by atoms with E-state index in [4.69, 9.17) is 10.5 Å². The monoisotopic (exact) mass is 563 g/mol. The molecule has 12 heteroatoms. The second kappa shape index (κ2) is 13.0. The summed E-state index contributed by atoms with van der Waals surface area (Å²) in [5.41, 5.74) is 4.50. The molecule has 0 aromatic rings. The molecular weight excluding hydrogens is 518 g/mol. The second-order valence-electron chi connectivity index (χ2n) is 13.0. The number of primary amides is 1. The summed E-state index contributed by atoms with van der Waals surface area (Å²) in [4.78, 5) is 77.5.